The van der Waals surface area contributed by atoms with Gasteiger partial charge in [-0.05, 0) is 12.1 Å². The molecule has 0 fully saturated rings. The van der Waals surface area contributed by atoms with Gasteiger partial charge in [0.1, 0.15) is 13.2 Å². The van der Waals surface area contributed by atoms with Crippen molar-refractivity contribution < 1.29 is 31.1 Å². The number of alkyl halides is 3. The standard InChI is InChI=1S/C13H11F3N2O4S/c14-13(15,16)8-22-7-12(19)18-23(20,21)11-3-1-2-9-6-17-5-4-10(9)11/h1-6H,7-8H2,(H,18,19). The summed E-state index contributed by atoms with van der Waals surface area (Å²) in [6.45, 7) is -2.66. The molecular weight excluding hydrogens is 337 g/mol. The number of hydrogen-bond donors (Lipinski definition) is 1. The number of aromatic nitrogens is 1. The van der Waals surface area contributed by atoms with E-state index in [2.05, 4.69) is 9.72 Å². The minimum Gasteiger partial charge on any atom is -0.362 e. The monoisotopic (exact) mass is 348 g/mol. The number of benzene rings is 1. The van der Waals surface area contributed by atoms with Crippen LogP contribution in [0.5, 0.6) is 0 Å². The Morgan fingerprint density at radius 3 is 2.70 bits per heavy atom. The molecule has 0 saturated carbocycles. The van der Waals surface area contributed by atoms with Gasteiger partial charge < -0.3 is 4.74 Å². The van der Waals surface area contributed by atoms with Crippen LogP contribution in [0.25, 0.3) is 10.8 Å². The number of nitrogens with zero attached hydrogens (tertiary/aromatic N) is 1. The Morgan fingerprint density at radius 1 is 1.26 bits per heavy atom. The molecule has 10 heteroatoms. The highest BCUT2D eigenvalue weighted by Gasteiger charge is 2.28. The van der Waals surface area contributed by atoms with Crippen molar-refractivity contribution in [2.75, 3.05) is 13.2 Å². The van der Waals surface area contributed by atoms with E-state index in [-0.39, 0.29) is 4.90 Å². The number of carbonyl (C=O) groups excluding carboxylic acids is 1. The number of carbonyl (C=O) groups is 1. The fourth-order valence-corrected chi connectivity index (χ4v) is 3.02. The average molecular weight is 348 g/mol. The van der Waals surface area contributed by atoms with Crippen molar-refractivity contribution in [1.82, 2.24) is 9.71 Å². The number of sulfonamides is 1. The van der Waals surface area contributed by atoms with E-state index in [1.165, 1.54) is 30.6 Å². The number of halogens is 3. The molecule has 124 valence electrons. The van der Waals surface area contributed by atoms with E-state index in [1.807, 2.05) is 0 Å². The Labute approximate surface area is 129 Å². The highest BCUT2D eigenvalue weighted by Crippen LogP contribution is 2.21. The van der Waals surface area contributed by atoms with E-state index < -0.39 is 35.3 Å². The van der Waals surface area contributed by atoms with E-state index in [0.717, 1.165) is 0 Å². The Morgan fingerprint density at radius 2 is 2.00 bits per heavy atom. The second kappa shape index (κ2) is 6.50. The van der Waals surface area contributed by atoms with Crippen LogP contribution in [0.3, 0.4) is 0 Å². The summed E-state index contributed by atoms with van der Waals surface area (Å²) in [6, 6.07) is 5.82. The smallest absolute Gasteiger partial charge is 0.362 e. The van der Waals surface area contributed by atoms with Crippen molar-refractivity contribution in [3.63, 3.8) is 0 Å². The van der Waals surface area contributed by atoms with E-state index in [0.29, 0.717) is 10.8 Å². The van der Waals surface area contributed by atoms with Crippen LogP contribution in [0.1, 0.15) is 0 Å². The van der Waals surface area contributed by atoms with Crippen LogP contribution >= 0.6 is 0 Å². The minimum absolute atomic E-state index is 0.179. The maximum Gasteiger partial charge on any atom is 0.411 e. The fraction of sp³-hybridized carbons (Fsp3) is 0.231. The molecule has 23 heavy (non-hydrogen) atoms. The lowest BCUT2D eigenvalue weighted by atomic mass is 10.2. The lowest BCUT2D eigenvalue weighted by Crippen LogP contribution is -2.34. The van der Waals surface area contributed by atoms with Crippen LogP contribution in [-0.4, -0.2) is 38.7 Å². The number of fused-ring (bicyclic) bond motifs is 1. The molecule has 6 nitrogen and oxygen atoms in total. The molecule has 2 rings (SSSR count). The van der Waals surface area contributed by atoms with Gasteiger partial charge in [-0.15, -0.1) is 0 Å². The first kappa shape index (κ1) is 17.2. The Balaban J connectivity index is 2.14. The predicted octanol–water partition coefficient (Wildman–Crippen LogP) is 1.62. The van der Waals surface area contributed by atoms with Crippen molar-refractivity contribution >= 4 is 26.7 Å². The number of nitrogens with one attached hydrogen (secondary N) is 1. The second-order valence-electron chi connectivity index (χ2n) is 4.49. The van der Waals surface area contributed by atoms with Crippen LogP contribution in [0, 0.1) is 0 Å². The maximum atomic E-state index is 12.2. The third-order valence-corrected chi connectivity index (χ3v) is 4.11. The number of ether oxygens (including phenoxy) is 1. The number of rotatable bonds is 5. The summed E-state index contributed by atoms with van der Waals surface area (Å²) in [4.78, 5) is 15.1. The van der Waals surface area contributed by atoms with Gasteiger partial charge in [0.2, 0.25) is 0 Å². The molecule has 1 N–H and O–H groups in total. The molecule has 0 radical (unpaired) electrons. The van der Waals surface area contributed by atoms with Gasteiger partial charge in [-0.2, -0.15) is 13.2 Å². The van der Waals surface area contributed by atoms with E-state index >= 15 is 0 Å². The van der Waals surface area contributed by atoms with Crippen molar-refractivity contribution in [1.29, 1.82) is 0 Å². The second-order valence-corrected chi connectivity index (χ2v) is 6.14. The van der Waals surface area contributed by atoms with Crippen LogP contribution in [-0.2, 0) is 19.6 Å². The number of amides is 1. The Bertz CT molecular complexity index is 816. The summed E-state index contributed by atoms with van der Waals surface area (Å²) < 4.78 is 65.9. The van der Waals surface area contributed by atoms with Gasteiger partial charge in [0.25, 0.3) is 15.9 Å². The van der Waals surface area contributed by atoms with Gasteiger partial charge >= 0.3 is 6.18 Å². The van der Waals surface area contributed by atoms with Crippen molar-refractivity contribution in [3.8, 4) is 0 Å². The first-order valence-corrected chi connectivity index (χ1v) is 7.70. The van der Waals surface area contributed by atoms with Crippen LogP contribution in [0.2, 0.25) is 0 Å². The van der Waals surface area contributed by atoms with Crippen LogP contribution in [0.4, 0.5) is 13.2 Å². The molecule has 1 aromatic carbocycles. The van der Waals surface area contributed by atoms with E-state index in [1.54, 1.807) is 10.8 Å². The average Bonchev–Trinajstić information content (AvgIpc) is 2.44. The quantitative estimate of drug-likeness (QED) is 0.887. The lowest BCUT2D eigenvalue weighted by molar-refractivity contribution is -0.175. The summed E-state index contributed by atoms with van der Waals surface area (Å²) in [6.07, 6.45) is -1.76. The van der Waals surface area contributed by atoms with Crippen molar-refractivity contribution in [2.45, 2.75) is 11.1 Å². The van der Waals surface area contributed by atoms with Crippen molar-refractivity contribution in [3.05, 3.63) is 36.7 Å². The predicted molar refractivity (Wildman–Crippen MR) is 73.9 cm³/mol. The van der Waals surface area contributed by atoms with Gasteiger partial charge in [-0.1, -0.05) is 12.1 Å². The SMILES string of the molecule is O=C(COCC(F)(F)F)NS(=O)(=O)c1cccc2cnccc12. The maximum absolute atomic E-state index is 12.2. The normalized spacial score (nSPS) is 12.3. The fourth-order valence-electron chi connectivity index (χ4n) is 1.82. The highest BCUT2D eigenvalue weighted by atomic mass is 32.2. The van der Waals surface area contributed by atoms with E-state index in [9.17, 15) is 26.4 Å². The first-order chi connectivity index (χ1) is 10.7. The van der Waals surface area contributed by atoms with Crippen molar-refractivity contribution in [2.24, 2.45) is 0 Å². The minimum atomic E-state index is -4.60. The summed E-state index contributed by atoms with van der Waals surface area (Å²) >= 11 is 0. The van der Waals surface area contributed by atoms with Gasteiger partial charge in [0.15, 0.2) is 0 Å². The number of pyridine rings is 1. The Hall–Kier alpha value is -2.20. The molecular formula is C13H11F3N2O4S. The largest absolute Gasteiger partial charge is 0.411 e. The molecule has 0 aliphatic carbocycles. The van der Waals surface area contributed by atoms with Crippen LogP contribution in [0.15, 0.2) is 41.6 Å². The third kappa shape index (κ3) is 4.63. The Kier molecular flexibility index (Phi) is 4.85. The van der Waals surface area contributed by atoms with E-state index in [4.69, 9.17) is 0 Å². The molecule has 1 amide bonds. The summed E-state index contributed by atoms with van der Waals surface area (Å²) in [5, 5.41) is 0.871. The lowest BCUT2D eigenvalue weighted by Gasteiger charge is -2.10. The van der Waals surface area contributed by atoms with Gasteiger partial charge in [-0.3, -0.25) is 9.78 Å². The molecule has 0 saturated heterocycles. The summed E-state index contributed by atoms with van der Waals surface area (Å²) in [5.74, 6) is -1.19. The topological polar surface area (TPSA) is 85.4 Å². The first-order valence-electron chi connectivity index (χ1n) is 6.22. The molecule has 2 aromatic rings. The number of hydrogen-bond acceptors (Lipinski definition) is 5. The molecule has 1 aromatic heterocycles. The molecule has 0 spiro atoms. The summed E-state index contributed by atoms with van der Waals surface area (Å²) in [7, 11) is -4.24. The zero-order chi connectivity index (χ0) is 17.1. The van der Waals surface area contributed by atoms with Gasteiger partial charge in [-0.25, -0.2) is 13.1 Å². The molecule has 1 heterocycles. The van der Waals surface area contributed by atoms with Gasteiger partial charge in [0.05, 0.1) is 4.90 Å². The molecule has 0 aliphatic heterocycles. The van der Waals surface area contributed by atoms with Gasteiger partial charge in [0, 0.05) is 23.2 Å². The molecule has 0 aliphatic rings. The molecule has 0 unspecified atom stereocenters. The zero-order valence-corrected chi connectivity index (χ0v) is 12.3. The van der Waals surface area contributed by atoms with Crippen LogP contribution < -0.4 is 4.72 Å². The zero-order valence-electron chi connectivity index (χ0n) is 11.5. The third-order valence-electron chi connectivity index (χ3n) is 2.68. The molecule has 0 bridgehead atoms. The summed E-state index contributed by atoms with van der Waals surface area (Å²) in [5.41, 5.74) is 0. The molecule has 0 atom stereocenters. The highest BCUT2D eigenvalue weighted by molar-refractivity contribution is 7.90.